The van der Waals surface area contributed by atoms with Crippen molar-refractivity contribution in [2.24, 2.45) is 0 Å². The Morgan fingerprint density at radius 2 is 2.00 bits per heavy atom. The highest BCUT2D eigenvalue weighted by atomic mass is 16.5. The number of benzene rings is 1. The molecule has 1 aromatic rings. The second-order valence-corrected chi connectivity index (χ2v) is 6.56. The normalized spacial score (nSPS) is 23.1. The molecule has 1 N–H and O–H groups in total. The molecular weight excluding hydrogens is 292 g/mol. The molecule has 5 nitrogen and oxygen atoms in total. The van der Waals surface area contributed by atoms with Gasteiger partial charge in [0, 0.05) is 25.7 Å². The van der Waals surface area contributed by atoms with Crippen LogP contribution in [-0.2, 0) is 14.3 Å². The molecule has 2 aliphatic rings. The van der Waals surface area contributed by atoms with Gasteiger partial charge in [-0.05, 0) is 24.8 Å². The molecule has 2 amide bonds. The Kier molecular flexibility index (Phi) is 4.66. The van der Waals surface area contributed by atoms with Gasteiger partial charge in [0.05, 0.1) is 18.9 Å². The lowest BCUT2D eigenvalue weighted by molar-refractivity contribution is -0.133. The fraction of sp³-hybridized carbons (Fsp3) is 0.556. The van der Waals surface area contributed by atoms with Crippen LogP contribution in [0.3, 0.4) is 0 Å². The number of carbonyl (C=O) groups excluding carboxylic acids is 2. The summed E-state index contributed by atoms with van der Waals surface area (Å²) in [5, 5.41) is 3.22. The summed E-state index contributed by atoms with van der Waals surface area (Å²) in [6.45, 7) is 1.89. The zero-order chi connectivity index (χ0) is 16.3. The molecule has 1 atom stereocenters. The number of hydrogen-bond acceptors (Lipinski definition) is 3. The van der Waals surface area contributed by atoms with Crippen molar-refractivity contribution < 1.29 is 14.3 Å². The summed E-state index contributed by atoms with van der Waals surface area (Å²) in [6.07, 6.45) is 2.93. The predicted octanol–water partition coefficient (Wildman–Crippen LogP) is 1.69. The molecule has 0 aliphatic carbocycles. The van der Waals surface area contributed by atoms with E-state index in [0.29, 0.717) is 26.1 Å². The van der Waals surface area contributed by atoms with Crippen LogP contribution in [0.1, 0.15) is 37.2 Å². The van der Waals surface area contributed by atoms with E-state index in [1.54, 1.807) is 7.11 Å². The maximum atomic E-state index is 12.4. The molecule has 0 bridgehead atoms. The van der Waals surface area contributed by atoms with Crippen LogP contribution in [0, 0.1) is 0 Å². The quantitative estimate of drug-likeness (QED) is 0.919. The van der Waals surface area contributed by atoms with Crippen molar-refractivity contribution in [3.63, 3.8) is 0 Å². The van der Waals surface area contributed by atoms with Gasteiger partial charge in [0.2, 0.25) is 11.8 Å². The minimum Gasteiger partial charge on any atom is -0.384 e. The van der Waals surface area contributed by atoms with Crippen LogP contribution >= 0.6 is 0 Å². The maximum absolute atomic E-state index is 12.4. The summed E-state index contributed by atoms with van der Waals surface area (Å²) in [4.78, 5) is 26.4. The molecule has 5 heteroatoms. The van der Waals surface area contributed by atoms with E-state index >= 15 is 0 Å². The van der Waals surface area contributed by atoms with E-state index in [-0.39, 0.29) is 23.3 Å². The number of nitrogens with zero attached hydrogens (tertiary/aromatic N) is 1. The van der Waals surface area contributed by atoms with Crippen molar-refractivity contribution in [2.45, 2.75) is 37.1 Å². The van der Waals surface area contributed by atoms with Crippen LogP contribution in [0.4, 0.5) is 0 Å². The summed E-state index contributed by atoms with van der Waals surface area (Å²) in [5.41, 5.74) is 0.941. The molecule has 3 rings (SSSR count). The van der Waals surface area contributed by atoms with Crippen molar-refractivity contribution in [3.8, 4) is 0 Å². The SMILES string of the molecule is COCCC(=O)N1CCC2(CC1)C[C@H](c1ccccc1)C(=O)N2. The molecule has 0 saturated carbocycles. The first-order chi connectivity index (χ1) is 11.1. The van der Waals surface area contributed by atoms with E-state index in [0.717, 1.165) is 24.8 Å². The highest BCUT2D eigenvalue weighted by molar-refractivity contribution is 5.87. The molecular formula is C18H24N2O3. The van der Waals surface area contributed by atoms with Crippen molar-refractivity contribution in [1.29, 1.82) is 0 Å². The maximum Gasteiger partial charge on any atom is 0.228 e. The fourth-order valence-corrected chi connectivity index (χ4v) is 3.70. The molecule has 2 aliphatic heterocycles. The number of likely N-dealkylation sites (tertiary alicyclic amines) is 1. The van der Waals surface area contributed by atoms with Crippen molar-refractivity contribution in [1.82, 2.24) is 10.2 Å². The third-order valence-electron chi connectivity index (χ3n) is 5.09. The molecule has 0 unspecified atom stereocenters. The Balaban J connectivity index is 1.61. The molecule has 124 valence electrons. The predicted molar refractivity (Wildman–Crippen MR) is 87.0 cm³/mol. The lowest BCUT2D eigenvalue weighted by Crippen LogP contribution is -2.52. The first-order valence-electron chi connectivity index (χ1n) is 8.27. The van der Waals surface area contributed by atoms with Crippen LogP contribution in [0.25, 0.3) is 0 Å². The van der Waals surface area contributed by atoms with Gasteiger partial charge in [0.1, 0.15) is 0 Å². The number of methoxy groups -OCH3 is 1. The summed E-state index contributed by atoms with van der Waals surface area (Å²) < 4.78 is 4.97. The topological polar surface area (TPSA) is 58.6 Å². The Hall–Kier alpha value is -1.88. The van der Waals surface area contributed by atoms with Gasteiger partial charge in [-0.1, -0.05) is 30.3 Å². The molecule has 2 heterocycles. The largest absolute Gasteiger partial charge is 0.384 e. The first-order valence-corrected chi connectivity index (χ1v) is 8.27. The molecule has 0 aromatic heterocycles. The Morgan fingerprint density at radius 1 is 1.30 bits per heavy atom. The van der Waals surface area contributed by atoms with E-state index < -0.39 is 0 Å². The van der Waals surface area contributed by atoms with Crippen molar-refractivity contribution >= 4 is 11.8 Å². The second kappa shape index (κ2) is 6.71. The molecule has 2 saturated heterocycles. The molecule has 23 heavy (non-hydrogen) atoms. The molecule has 0 radical (unpaired) electrons. The van der Waals surface area contributed by atoms with Gasteiger partial charge in [-0.15, -0.1) is 0 Å². The molecule has 1 spiro atoms. The third-order valence-corrected chi connectivity index (χ3v) is 5.09. The number of carbonyl (C=O) groups is 2. The number of hydrogen-bond donors (Lipinski definition) is 1. The standard InChI is InChI=1S/C18H24N2O3/c1-23-12-7-16(21)20-10-8-18(9-11-20)13-15(17(22)19-18)14-5-3-2-4-6-14/h2-6,15H,7-13H2,1H3,(H,19,22)/t15-/m1/s1. The monoisotopic (exact) mass is 316 g/mol. The van der Waals surface area contributed by atoms with Crippen LogP contribution < -0.4 is 5.32 Å². The Labute approximate surface area is 137 Å². The molecule has 2 fully saturated rings. The van der Waals surface area contributed by atoms with E-state index in [1.807, 2.05) is 35.2 Å². The lowest BCUT2D eigenvalue weighted by Gasteiger charge is -2.39. The van der Waals surface area contributed by atoms with Gasteiger partial charge < -0.3 is 15.0 Å². The smallest absolute Gasteiger partial charge is 0.228 e. The average Bonchev–Trinajstić information content (AvgIpc) is 2.90. The van der Waals surface area contributed by atoms with Gasteiger partial charge in [-0.2, -0.15) is 0 Å². The third kappa shape index (κ3) is 3.39. The Morgan fingerprint density at radius 3 is 2.65 bits per heavy atom. The summed E-state index contributed by atoms with van der Waals surface area (Å²) in [5.74, 6) is 0.202. The number of amides is 2. The second-order valence-electron chi connectivity index (χ2n) is 6.56. The van der Waals surface area contributed by atoms with Gasteiger partial charge in [-0.25, -0.2) is 0 Å². The van der Waals surface area contributed by atoms with E-state index in [2.05, 4.69) is 5.32 Å². The van der Waals surface area contributed by atoms with Gasteiger partial charge >= 0.3 is 0 Å². The van der Waals surface area contributed by atoms with E-state index in [4.69, 9.17) is 4.74 Å². The zero-order valence-corrected chi connectivity index (χ0v) is 13.6. The highest BCUT2D eigenvalue weighted by Crippen LogP contribution is 2.39. The fourth-order valence-electron chi connectivity index (χ4n) is 3.70. The van der Waals surface area contributed by atoms with Crippen molar-refractivity contribution in [2.75, 3.05) is 26.8 Å². The number of ether oxygens (including phenoxy) is 1. The van der Waals surface area contributed by atoms with Crippen molar-refractivity contribution in [3.05, 3.63) is 35.9 Å². The lowest BCUT2D eigenvalue weighted by atomic mass is 9.82. The van der Waals surface area contributed by atoms with E-state index in [9.17, 15) is 9.59 Å². The summed E-state index contributed by atoms with van der Waals surface area (Å²) in [7, 11) is 1.61. The van der Waals surface area contributed by atoms with Crippen LogP contribution in [0.5, 0.6) is 0 Å². The minimum absolute atomic E-state index is 0.0630. The number of nitrogens with one attached hydrogen (secondary N) is 1. The summed E-state index contributed by atoms with van der Waals surface area (Å²) in [6, 6.07) is 9.96. The Bertz CT molecular complexity index is 565. The van der Waals surface area contributed by atoms with E-state index in [1.165, 1.54) is 0 Å². The van der Waals surface area contributed by atoms with Gasteiger partial charge in [0.25, 0.3) is 0 Å². The minimum atomic E-state index is -0.143. The van der Waals surface area contributed by atoms with Crippen LogP contribution in [-0.4, -0.2) is 49.1 Å². The first kappa shape index (κ1) is 16.0. The van der Waals surface area contributed by atoms with Gasteiger partial charge in [-0.3, -0.25) is 9.59 Å². The average molecular weight is 316 g/mol. The zero-order valence-electron chi connectivity index (χ0n) is 13.6. The number of piperidine rings is 1. The van der Waals surface area contributed by atoms with Gasteiger partial charge in [0.15, 0.2) is 0 Å². The highest BCUT2D eigenvalue weighted by Gasteiger charge is 2.46. The summed E-state index contributed by atoms with van der Waals surface area (Å²) >= 11 is 0. The van der Waals surface area contributed by atoms with Crippen LogP contribution in [0.15, 0.2) is 30.3 Å². The molecule has 1 aromatic carbocycles. The van der Waals surface area contributed by atoms with Crippen LogP contribution in [0.2, 0.25) is 0 Å². The number of rotatable bonds is 4.